The quantitative estimate of drug-likeness (QED) is 0.436. The number of likely N-dealkylation sites (N-methyl/N-ethyl adjacent to an activating group) is 1. The van der Waals surface area contributed by atoms with Crippen molar-refractivity contribution < 1.29 is 18.0 Å². The molecule has 0 aliphatic heterocycles. The normalized spacial score (nSPS) is 12.2. The number of halogens is 3. The zero-order chi connectivity index (χ0) is 24.1. The molecule has 1 N–H and O–H groups in total. The molecule has 11 heteroatoms. The summed E-state index contributed by atoms with van der Waals surface area (Å²) in [5.74, 6) is -0.887. The second-order valence-corrected chi connectivity index (χ2v) is 11.0. The van der Waals surface area contributed by atoms with E-state index < -0.39 is 28.5 Å². The molecule has 2 amide bonds. The topological polar surface area (TPSA) is 86.8 Å². The van der Waals surface area contributed by atoms with E-state index in [9.17, 15) is 18.0 Å². The summed E-state index contributed by atoms with van der Waals surface area (Å²) in [6.07, 6.45) is 1.37. The lowest BCUT2D eigenvalue weighted by molar-refractivity contribution is -0.140. The standard InChI is InChI=1S/C21H24Cl2IN3O4S/c1-4-19(21(29)25-2)26(12-14-5-6-15(22)11-18(14)23)20(28)13-27(32(3,30)31)17-9-7-16(24)8-10-17/h5-11,19H,4,12-13H2,1-3H3,(H,25,29)/t19-/m1/s1. The zero-order valence-corrected chi connectivity index (χ0v) is 22.3. The van der Waals surface area contributed by atoms with Crippen molar-refractivity contribution in [2.75, 3.05) is 24.2 Å². The lowest BCUT2D eigenvalue weighted by Gasteiger charge is -2.32. The molecule has 0 bridgehead atoms. The Kier molecular flexibility index (Phi) is 9.62. The van der Waals surface area contributed by atoms with Crippen LogP contribution in [0.4, 0.5) is 5.69 Å². The third-order valence-corrected chi connectivity index (χ3v) is 7.23. The van der Waals surface area contributed by atoms with Crippen LogP contribution in [0, 0.1) is 3.57 Å². The van der Waals surface area contributed by atoms with Gasteiger partial charge in [-0.25, -0.2) is 8.42 Å². The van der Waals surface area contributed by atoms with Crippen LogP contribution in [-0.2, 0) is 26.2 Å². The largest absolute Gasteiger partial charge is 0.357 e. The minimum atomic E-state index is -3.76. The van der Waals surface area contributed by atoms with E-state index in [0.29, 0.717) is 27.7 Å². The first-order chi connectivity index (χ1) is 15.0. The second kappa shape index (κ2) is 11.5. The Morgan fingerprint density at radius 1 is 1.12 bits per heavy atom. The number of carbonyl (C=O) groups excluding carboxylic acids is 2. The Bertz CT molecular complexity index is 1080. The van der Waals surface area contributed by atoms with Crippen molar-refractivity contribution in [2.45, 2.75) is 25.9 Å². The first-order valence-electron chi connectivity index (χ1n) is 9.66. The van der Waals surface area contributed by atoms with Gasteiger partial charge in [0.05, 0.1) is 11.9 Å². The third kappa shape index (κ3) is 6.97. The summed E-state index contributed by atoms with van der Waals surface area (Å²) in [5, 5.41) is 3.35. The van der Waals surface area contributed by atoms with Crippen LogP contribution in [0.2, 0.25) is 10.0 Å². The Morgan fingerprint density at radius 3 is 2.25 bits per heavy atom. The van der Waals surface area contributed by atoms with Crippen molar-refractivity contribution in [3.8, 4) is 0 Å². The number of hydrogen-bond acceptors (Lipinski definition) is 4. The Hall–Kier alpha value is -1.56. The van der Waals surface area contributed by atoms with E-state index in [1.165, 1.54) is 11.9 Å². The van der Waals surface area contributed by atoms with E-state index >= 15 is 0 Å². The van der Waals surface area contributed by atoms with Crippen LogP contribution >= 0.6 is 45.8 Å². The molecule has 0 saturated heterocycles. The molecule has 174 valence electrons. The van der Waals surface area contributed by atoms with Crippen LogP contribution in [0.25, 0.3) is 0 Å². The third-order valence-electron chi connectivity index (χ3n) is 4.78. The maximum Gasteiger partial charge on any atom is 0.244 e. The van der Waals surface area contributed by atoms with Crippen molar-refractivity contribution in [2.24, 2.45) is 0 Å². The molecule has 0 aliphatic carbocycles. The van der Waals surface area contributed by atoms with Crippen LogP contribution in [0.15, 0.2) is 42.5 Å². The van der Waals surface area contributed by atoms with E-state index in [2.05, 4.69) is 27.9 Å². The van der Waals surface area contributed by atoms with E-state index in [1.807, 2.05) is 0 Å². The van der Waals surface area contributed by atoms with Gasteiger partial charge in [-0.15, -0.1) is 0 Å². The van der Waals surface area contributed by atoms with E-state index in [0.717, 1.165) is 14.1 Å². The van der Waals surface area contributed by atoms with Gasteiger partial charge in [-0.05, 0) is 71.0 Å². The minimum absolute atomic E-state index is 0.0189. The first kappa shape index (κ1) is 26.7. The van der Waals surface area contributed by atoms with E-state index in [-0.39, 0.29) is 12.5 Å². The molecule has 1 atom stereocenters. The summed E-state index contributed by atoms with van der Waals surface area (Å²) >= 11 is 14.4. The van der Waals surface area contributed by atoms with Crippen molar-refractivity contribution in [1.82, 2.24) is 10.2 Å². The van der Waals surface area contributed by atoms with E-state index in [1.54, 1.807) is 49.4 Å². The summed E-state index contributed by atoms with van der Waals surface area (Å²) in [6.45, 7) is 1.33. The number of anilines is 1. The van der Waals surface area contributed by atoms with E-state index in [4.69, 9.17) is 23.2 Å². The Morgan fingerprint density at radius 2 is 1.75 bits per heavy atom. The number of benzene rings is 2. The summed E-state index contributed by atoms with van der Waals surface area (Å²) in [5.41, 5.74) is 0.950. The highest BCUT2D eigenvalue weighted by Gasteiger charge is 2.31. The first-order valence-corrected chi connectivity index (χ1v) is 13.3. The number of hydrogen-bond donors (Lipinski definition) is 1. The minimum Gasteiger partial charge on any atom is -0.357 e. The highest BCUT2D eigenvalue weighted by atomic mass is 127. The number of amides is 2. The van der Waals surface area contributed by atoms with Gasteiger partial charge < -0.3 is 10.2 Å². The fraction of sp³-hybridized carbons (Fsp3) is 0.333. The average molecular weight is 612 g/mol. The molecular formula is C21H24Cl2IN3O4S. The van der Waals surface area contributed by atoms with Crippen LogP contribution in [0.1, 0.15) is 18.9 Å². The summed E-state index contributed by atoms with van der Waals surface area (Å²) in [6, 6.07) is 10.8. The fourth-order valence-electron chi connectivity index (χ4n) is 3.14. The molecule has 0 unspecified atom stereocenters. The van der Waals surface area contributed by atoms with Crippen molar-refractivity contribution >= 4 is 73.3 Å². The van der Waals surface area contributed by atoms with Gasteiger partial charge in [-0.3, -0.25) is 13.9 Å². The molecule has 0 fully saturated rings. The molecular weight excluding hydrogens is 588 g/mol. The molecule has 0 heterocycles. The SMILES string of the molecule is CC[C@H](C(=O)NC)N(Cc1ccc(Cl)cc1Cl)C(=O)CN(c1ccc(I)cc1)S(C)(=O)=O. The zero-order valence-electron chi connectivity index (χ0n) is 17.8. The van der Waals surface area contributed by atoms with Crippen molar-refractivity contribution in [3.05, 3.63) is 61.6 Å². The van der Waals surface area contributed by atoms with Gasteiger partial charge in [0.1, 0.15) is 12.6 Å². The molecule has 0 aliphatic rings. The lowest BCUT2D eigenvalue weighted by atomic mass is 10.1. The number of nitrogens with zero attached hydrogens (tertiary/aromatic N) is 2. The van der Waals surface area contributed by atoms with Gasteiger partial charge in [0.2, 0.25) is 21.8 Å². The number of rotatable bonds is 9. The lowest BCUT2D eigenvalue weighted by Crippen LogP contribution is -2.51. The van der Waals surface area contributed by atoms with Crippen LogP contribution in [0.5, 0.6) is 0 Å². The predicted molar refractivity (Wildman–Crippen MR) is 137 cm³/mol. The maximum absolute atomic E-state index is 13.4. The van der Waals surface area contributed by atoms with Gasteiger partial charge >= 0.3 is 0 Å². The monoisotopic (exact) mass is 611 g/mol. The molecule has 0 aromatic heterocycles. The molecule has 2 aromatic carbocycles. The Labute approximate surface area is 212 Å². The van der Waals surface area contributed by atoms with Gasteiger partial charge in [-0.1, -0.05) is 36.2 Å². The van der Waals surface area contributed by atoms with Crippen molar-refractivity contribution in [3.63, 3.8) is 0 Å². The maximum atomic E-state index is 13.4. The molecule has 0 saturated carbocycles. The second-order valence-electron chi connectivity index (χ2n) is 7.04. The molecule has 32 heavy (non-hydrogen) atoms. The fourth-order valence-corrected chi connectivity index (χ4v) is 4.82. The molecule has 2 rings (SSSR count). The smallest absolute Gasteiger partial charge is 0.244 e. The van der Waals surface area contributed by atoms with Gasteiger partial charge in [0.25, 0.3) is 0 Å². The predicted octanol–water partition coefficient (Wildman–Crippen LogP) is 3.92. The summed E-state index contributed by atoms with van der Waals surface area (Å²) in [7, 11) is -2.28. The van der Waals surface area contributed by atoms with Gasteiger partial charge in [0, 0.05) is 27.2 Å². The molecule has 0 radical (unpaired) electrons. The molecule has 2 aromatic rings. The highest BCUT2D eigenvalue weighted by molar-refractivity contribution is 14.1. The average Bonchev–Trinajstić information content (AvgIpc) is 2.73. The highest BCUT2D eigenvalue weighted by Crippen LogP contribution is 2.25. The van der Waals surface area contributed by atoms with Gasteiger partial charge in [0.15, 0.2) is 0 Å². The van der Waals surface area contributed by atoms with Gasteiger partial charge in [-0.2, -0.15) is 0 Å². The summed E-state index contributed by atoms with van der Waals surface area (Å²) < 4.78 is 26.9. The number of carbonyl (C=O) groups is 2. The summed E-state index contributed by atoms with van der Waals surface area (Å²) in [4.78, 5) is 27.3. The molecule has 0 spiro atoms. The Balaban J connectivity index is 2.44. The number of nitrogens with one attached hydrogen (secondary N) is 1. The molecule has 7 nitrogen and oxygen atoms in total. The van der Waals surface area contributed by atoms with Crippen LogP contribution in [-0.4, -0.2) is 51.0 Å². The number of sulfonamides is 1. The van der Waals surface area contributed by atoms with Crippen LogP contribution < -0.4 is 9.62 Å². The van der Waals surface area contributed by atoms with Crippen LogP contribution in [0.3, 0.4) is 0 Å². The van der Waals surface area contributed by atoms with Crippen molar-refractivity contribution in [1.29, 1.82) is 0 Å².